The summed E-state index contributed by atoms with van der Waals surface area (Å²) in [5.74, 6) is 1.11. The van der Waals surface area contributed by atoms with Crippen LogP contribution in [0.5, 0.6) is 0 Å². The molecule has 0 aromatic carbocycles. The number of rotatable bonds is 5. The Balaban J connectivity index is 2.36. The third kappa shape index (κ3) is 3.41. The number of hydrogen-bond acceptors (Lipinski definition) is 3. The van der Waals surface area contributed by atoms with E-state index in [0.29, 0.717) is 6.54 Å². The standard InChI is InChI=1S/C10H18N2O2S/c1-8-10(14)11-7-9(13)12(8)5-3-4-6-15-2/h8H,3-7H2,1-2H3,(H,11,14). The smallest absolute Gasteiger partial charge is 0.242 e. The molecular weight excluding hydrogens is 212 g/mol. The molecule has 5 heteroatoms. The van der Waals surface area contributed by atoms with Crippen LogP contribution in [-0.2, 0) is 9.59 Å². The Labute approximate surface area is 94.8 Å². The van der Waals surface area contributed by atoms with Gasteiger partial charge in [-0.2, -0.15) is 11.8 Å². The van der Waals surface area contributed by atoms with E-state index >= 15 is 0 Å². The number of carbonyl (C=O) groups excluding carboxylic acids is 2. The van der Waals surface area contributed by atoms with Crippen molar-refractivity contribution in [1.82, 2.24) is 10.2 Å². The molecule has 1 atom stereocenters. The predicted octanol–water partition coefficient (Wildman–Crippen LogP) is 0.476. The van der Waals surface area contributed by atoms with E-state index in [9.17, 15) is 9.59 Å². The van der Waals surface area contributed by atoms with Crippen LogP contribution in [-0.4, -0.2) is 47.9 Å². The van der Waals surface area contributed by atoms with Crippen LogP contribution in [0.1, 0.15) is 19.8 Å². The molecule has 4 nitrogen and oxygen atoms in total. The number of unbranched alkanes of at least 4 members (excludes halogenated alkanes) is 1. The summed E-state index contributed by atoms with van der Waals surface area (Å²) in [4.78, 5) is 24.5. The molecule has 0 aromatic rings. The van der Waals surface area contributed by atoms with Crippen molar-refractivity contribution in [3.05, 3.63) is 0 Å². The monoisotopic (exact) mass is 230 g/mol. The average Bonchev–Trinajstić information content (AvgIpc) is 2.23. The predicted molar refractivity (Wildman–Crippen MR) is 61.8 cm³/mol. The molecule has 1 rings (SSSR count). The third-order valence-electron chi connectivity index (χ3n) is 2.58. The second-order valence-electron chi connectivity index (χ2n) is 3.68. The van der Waals surface area contributed by atoms with Gasteiger partial charge in [0.2, 0.25) is 11.8 Å². The largest absolute Gasteiger partial charge is 0.345 e. The zero-order chi connectivity index (χ0) is 11.3. The van der Waals surface area contributed by atoms with Gasteiger partial charge in [0.1, 0.15) is 6.04 Å². The molecule has 1 unspecified atom stereocenters. The van der Waals surface area contributed by atoms with Gasteiger partial charge in [-0.05, 0) is 31.8 Å². The summed E-state index contributed by atoms with van der Waals surface area (Å²) in [5, 5.41) is 2.58. The second kappa shape index (κ2) is 6.00. The van der Waals surface area contributed by atoms with Crippen LogP contribution in [0, 0.1) is 0 Å². The fourth-order valence-corrected chi connectivity index (χ4v) is 2.11. The first kappa shape index (κ1) is 12.4. The Morgan fingerprint density at radius 3 is 2.87 bits per heavy atom. The first-order valence-electron chi connectivity index (χ1n) is 5.23. The van der Waals surface area contributed by atoms with E-state index in [1.807, 2.05) is 11.8 Å². The maximum atomic E-state index is 11.5. The van der Waals surface area contributed by atoms with Gasteiger partial charge in [0.15, 0.2) is 0 Å². The molecular formula is C10H18N2O2S. The zero-order valence-electron chi connectivity index (χ0n) is 9.28. The third-order valence-corrected chi connectivity index (χ3v) is 3.28. The normalized spacial score (nSPS) is 21.7. The van der Waals surface area contributed by atoms with Crippen LogP contribution in [0.2, 0.25) is 0 Å². The molecule has 0 aromatic heterocycles. The number of piperazine rings is 1. The maximum absolute atomic E-state index is 11.5. The minimum Gasteiger partial charge on any atom is -0.345 e. The molecule has 0 bridgehead atoms. The lowest BCUT2D eigenvalue weighted by Crippen LogP contribution is -2.57. The molecule has 0 radical (unpaired) electrons. The highest BCUT2D eigenvalue weighted by Gasteiger charge is 2.29. The maximum Gasteiger partial charge on any atom is 0.242 e. The quantitative estimate of drug-likeness (QED) is 0.699. The van der Waals surface area contributed by atoms with E-state index in [1.54, 1.807) is 11.8 Å². The van der Waals surface area contributed by atoms with Gasteiger partial charge in [-0.3, -0.25) is 9.59 Å². The number of nitrogens with zero attached hydrogens (tertiary/aromatic N) is 1. The first-order valence-corrected chi connectivity index (χ1v) is 6.62. The summed E-state index contributed by atoms with van der Waals surface area (Å²) < 4.78 is 0. The lowest BCUT2D eigenvalue weighted by molar-refractivity contribution is -0.144. The summed E-state index contributed by atoms with van der Waals surface area (Å²) >= 11 is 1.81. The molecule has 2 amide bonds. The number of thioether (sulfide) groups is 1. The highest BCUT2D eigenvalue weighted by atomic mass is 32.2. The fraction of sp³-hybridized carbons (Fsp3) is 0.800. The molecule has 0 aliphatic carbocycles. The SMILES string of the molecule is CSCCCCN1C(=O)CNC(=O)C1C. The Hall–Kier alpha value is -0.710. The van der Waals surface area contributed by atoms with Crippen LogP contribution in [0.15, 0.2) is 0 Å². The van der Waals surface area contributed by atoms with Gasteiger partial charge in [0, 0.05) is 6.54 Å². The number of amides is 2. The fourth-order valence-electron chi connectivity index (χ4n) is 1.62. The van der Waals surface area contributed by atoms with Gasteiger partial charge in [-0.1, -0.05) is 0 Å². The lowest BCUT2D eigenvalue weighted by atomic mass is 10.2. The van der Waals surface area contributed by atoms with Gasteiger partial charge in [-0.15, -0.1) is 0 Å². The summed E-state index contributed by atoms with van der Waals surface area (Å²) in [5.41, 5.74) is 0. The molecule has 15 heavy (non-hydrogen) atoms. The topological polar surface area (TPSA) is 49.4 Å². The van der Waals surface area contributed by atoms with Gasteiger partial charge in [0.05, 0.1) is 6.54 Å². The van der Waals surface area contributed by atoms with Crippen molar-refractivity contribution in [2.24, 2.45) is 0 Å². The minimum absolute atomic E-state index is 0.0336. The van der Waals surface area contributed by atoms with E-state index in [-0.39, 0.29) is 24.4 Å². The van der Waals surface area contributed by atoms with Crippen LogP contribution < -0.4 is 5.32 Å². The van der Waals surface area contributed by atoms with Crippen molar-refractivity contribution >= 4 is 23.6 Å². The molecule has 86 valence electrons. The van der Waals surface area contributed by atoms with Crippen molar-refractivity contribution < 1.29 is 9.59 Å². The molecule has 1 saturated heterocycles. The first-order chi connectivity index (χ1) is 7.16. The summed E-state index contributed by atoms with van der Waals surface area (Å²) in [6.45, 7) is 2.64. The average molecular weight is 230 g/mol. The van der Waals surface area contributed by atoms with Gasteiger partial charge in [0.25, 0.3) is 0 Å². The number of nitrogens with one attached hydrogen (secondary N) is 1. The number of carbonyl (C=O) groups is 2. The Bertz CT molecular complexity index is 246. The van der Waals surface area contributed by atoms with E-state index in [2.05, 4.69) is 11.6 Å². The summed E-state index contributed by atoms with van der Waals surface area (Å²) in [6, 6.07) is -0.305. The van der Waals surface area contributed by atoms with Crippen molar-refractivity contribution in [1.29, 1.82) is 0 Å². The number of hydrogen-bond donors (Lipinski definition) is 1. The highest BCUT2D eigenvalue weighted by Crippen LogP contribution is 2.08. The van der Waals surface area contributed by atoms with Gasteiger partial charge < -0.3 is 10.2 Å². The Morgan fingerprint density at radius 2 is 2.20 bits per heavy atom. The van der Waals surface area contributed by atoms with Gasteiger partial charge >= 0.3 is 0 Å². The van der Waals surface area contributed by atoms with E-state index in [1.165, 1.54) is 0 Å². The summed E-state index contributed by atoms with van der Waals surface area (Å²) in [6.07, 6.45) is 4.14. The zero-order valence-corrected chi connectivity index (χ0v) is 10.1. The lowest BCUT2D eigenvalue weighted by Gasteiger charge is -2.32. The Morgan fingerprint density at radius 1 is 1.47 bits per heavy atom. The molecule has 1 N–H and O–H groups in total. The van der Waals surface area contributed by atoms with Crippen molar-refractivity contribution in [2.45, 2.75) is 25.8 Å². The molecule has 1 aliphatic rings. The van der Waals surface area contributed by atoms with Crippen molar-refractivity contribution in [3.63, 3.8) is 0 Å². The van der Waals surface area contributed by atoms with Crippen molar-refractivity contribution in [3.8, 4) is 0 Å². The molecule has 0 spiro atoms. The highest BCUT2D eigenvalue weighted by molar-refractivity contribution is 7.98. The molecule has 0 saturated carbocycles. The van der Waals surface area contributed by atoms with Crippen molar-refractivity contribution in [2.75, 3.05) is 25.1 Å². The van der Waals surface area contributed by atoms with E-state index in [0.717, 1.165) is 18.6 Å². The molecule has 1 heterocycles. The second-order valence-corrected chi connectivity index (χ2v) is 4.67. The van der Waals surface area contributed by atoms with Crippen LogP contribution in [0.3, 0.4) is 0 Å². The molecule has 1 aliphatic heterocycles. The van der Waals surface area contributed by atoms with Crippen LogP contribution in [0.4, 0.5) is 0 Å². The van der Waals surface area contributed by atoms with Crippen LogP contribution in [0.25, 0.3) is 0 Å². The van der Waals surface area contributed by atoms with Crippen LogP contribution >= 0.6 is 11.8 Å². The minimum atomic E-state index is -0.305. The molecule has 1 fully saturated rings. The van der Waals surface area contributed by atoms with E-state index in [4.69, 9.17) is 0 Å². The van der Waals surface area contributed by atoms with E-state index < -0.39 is 0 Å². The Kier molecular flexibility index (Phi) is 4.94. The van der Waals surface area contributed by atoms with Gasteiger partial charge in [-0.25, -0.2) is 0 Å². The summed E-state index contributed by atoms with van der Waals surface area (Å²) in [7, 11) is 0.